The molecule has 0 unspecified atom stereocenters. The van der Waals surface area contributed by atoms with Crippen LogP contribution in [0.2, 0.25) is 0 Å². The van der Waals surface area contributed by atoms with Crippen LogP contribution in [0.25, 0.3) is 4.85 Å². The van der Waals surface area contributed by atoms with Crippen molar-refractivity contribution in [3.8, 4) is 11.8 Å². The Morgan fingerprint density at radius 2 is 1.89 bits per heavy atom. The molecule has 3 atom stereocenters. The maximum atomic E-state index is 13.8. The van der Waals surface area contributed by atoms with E-state index in [1.165, 1.54) is 9.80 Å². The summed E-state index contributed by atoms with van der Waals surface area (Å²) >= 11 is 0. The Hall–Kier alpha value is -4.10. The molecule has 0 radical (unpaired) electrons. The highest BCUT2D eigenvalue weighted by Gasteiger charge is 2.59. The van der Waals surface area contributed by atoms with Gasteiger partial charge in [0.15, 0.2) is 0 Å². The van der Waals surface area contributed by atoms with E-state index in [2.05, 4.69) is 22.0 Å². The molecule has 1 spiro atoms. The van der Waals surface area contributed by atoms with Gasteiger partial charge in [-0.1, -0.05) is 56.2 Å². The molecule has 35 heavy (non-hydrogen) atoms. The van der Waals surface area contributed by atoms with Gasteiger partial charge in [-0.25, -0.2) is 6.57 Å². The number of benzene rings is 2. The van der Waals surface area contributed by atoms with Crippen molar-refractivity contribution in [2.45, 2.75) is 44.3 Å². The highest BCUT2D eigenvalue weighted by atomic mass is 16.2. The van der Waals surface area contributed by atoms with Gasteiger partial charge in [-0.2, -0.15) is 0 Å². The molecule has 0 aliphatic carbocycles. The second-order valence-corrected chi connectivity index (χ2v) is 9.54. The summed E-state index contributed by atoms with van der Waals surface area (Å²) in [5.41, 5.74) is 1.28. The van der Waals surface area contributed by atoms with Crippen molar-refractivity contribution in [1.29, 1.82) is 0 Å². The van der Waals surface area contributed by atoms with E-state index in [0.717, 1.165) is 11.3 Å². The molecule has 7 heteroatoms. The molecular formula is C28H28N4O3. The molecule has 3 amide bonds. The Morgan fingerprint density at radius 3 is 2.57 bits per heavy atom. The highest BCUT2D eigenvalue weighted by Crippen LogP contribution is 2.46. The molecule has 2 heterocycles. The van der Waals surface area contributed by atoms with E-state index in [1.54, 1.807) is 7.05 Å². The summed E-state index contributed by atoms with van der Waals surface area (Å²) in [5, 5.41) is 2.91. The average Bonchev–Trinajstić information content (AvgIpc) is 3.39. The molecule has 0 aromatic heterocycles. The zero-order valence-electron chi connectivity index (χ0n) is 20.1. The fourth-order valence-corrected chi connectivity index (χ4v) is 4.90. The molecule has 1 saturated heterocycles. The van der Waals surface area contributed by atoms with Gasteiger partial charge in [0.1, 0.15) is 11.5 Å². The number of nitrogens with one attached hydrogen (secondary N) is 1. The van der Waals surface area contributed by atoms with Crippen molar-refractivity contribution in [2.75, 3.05) is 18.9 Å². The number of carbonyl (C=O) groups is 3. The number of likely N-dealkylation sites (tertiary alicyclic amines) is 1. The summed E-state index contributed by atoms with van der Waals surface area (Å²) in [4.78, 5) is 46.4. The van der Waals surface area contributed by atoms with E-state index >= 15 is 0 Å². The monoisotopic (exact) mass is 468 g/mol. The van der Waals surface area contributed by atoms with E-state index in [0.29, 0.717) is 12.0 Å². The van der Waals surface area contributed by atoms with E-state index in [9.17, 15) is 14.4 Å². The minimum atomic E-state index is -0.959. The summed E-state index contributed by atoms with van der Waals surface area (Å²) in [7, 11) is 1.57. The Labute approximate surface area is 205 Å². The number of hydrogen-bond donors (Lipinski definition) is 1. The van der Waals surface area contributed by atoms with Crippen molar-refractivity contribution in [1.82, 2.24) is 9.80 Å². The van der Waals surface area contributed by atoms with Crippen LogP contribution in [-0.4, -0.2) is 53.3 Å². The second kappa shape index (κ2) is 9.64. The fraction of sp³-hybridized carbons (Fsp3) is 0.357. The molecule has 1 fully saturated rings. The molecular weight excluding hydrogens is 440 g/mol. The zero-order chi connectivity index (χ0) is 25.2. The van der Waals surface area contributed by atoms with Crippen molar-refractivity contribution in [3.63, 3.8) is 0 Å². The number of para-hydroxylation sites is 1. The van der Waals surface area contributed by atoms with Crippen molar-refractivity contribution in [3.05, 3.63) is 77.1 Å². The highest BCUT2D eigenvalue weighted by molar-refractivity contribution is 6.07. The zero-order valence-corrected chi connectivity index (χ0v) is 20.1. The van der Waals surface area contributed by atoms with Gasteiger partial charge >= 0.3 is 6.17 Å². The summed E-state index contributed by atoms with van der Waals surface area (Å²) in [5.74, 6) is 4.62. The van der Waals surface area contributed by atoms with Crippen LogP contribution in [0.4, 0.5) is 5.69 Å². The predicted molar refractivity (Wildman–Crippen MR) is 133 cm³/mol. The minimum Gasteiger partial charge on any atom is -0.325 e. The van der Waals surface area contributed by atoms with Gasteiger partial charge in [0.05, 0.1) is 6.42 Å². The SMILES string of the molecule is [C-]#[N+][C@@H]1C[C@@]2(CN1C(=O)[C@H](CC(C)C)N(C)C(=O)C#Cc1ccccc1)C(=O)Nc1ccccc12. The number of hydrogen-bond acceptors (Lipinski definition) is 3. The topological polar surface area (TPSA) is 74.1 Å². The van der Waals surface area contributed by atoms with Crippen LogP contribution in [0, 0.1) is 24.3 Å². The first kappa shape index (κ1) is 24.0. The van der Waals surface area contributed by atoms with Crippen molar-refractivity contribution in [2.24, 2.45) is 5.92 Å². The minimum absolute atomic E-state index is 0.105. The van der Waals surface area contributed by atoms with Gasteiger partial charge < -0.3 is 10.2 Å². The third kappa shape index (κ3) is 4.50. The standard InChI is InChI=1S/C28H28N4O3/c1-19(2)16-23(31(4)25(33)15-14-20-10-6-5-7-11-20)26(34)32-18-28(17-24(32)29-3)21-12-8-9-13-22(21)30-27(28)35/h5-13,19,23-24H,16-18H2,1-2,4H3,(H,30,35)/t23-,24-,28-/m0/s1. The quantitative estimate of drug-likeness (QED) is 0.553. The van der Waals surface area contributed by atoms with Gasteiger partial charge in [0.25, 0.3) is 11.8 Å². The lowest BCUT2D eigenvalue weighted by Crippen LogP contribution is -2.51. The molecule has 1 N–H and O–H groups in total. The van der Waals surface area contributed by atoms with Crippen LogP contribution in [0.15, 0.2) is 54.6 Å². The molecule has 178 valence electrons. The number of carbonyl (C=O) groups excluding carboxylic acids is 3. The van der Waals surface area contributed by atoms with Gasteiger partial charge in [0, 0.05) is 30.8 Å². The number of fused-ring (bicyclic) bond motifs is 2. The molecule has 4 rings (SSSR count). The number of nitrogens with zero attached hydrogens (tertiary/aromatic N) is 3. The molecule has 0 bridgehead atoms. The van der Waals surface area contributed by atoms with E-state index < -0.39 is 23.5 Å². The van der Waals surface area contributed by atoms with Crippen LogP contribution in [0.5, 0.6) is 0 Å². The number of anilines is 1. The number of amides is 3. The van der Waals surface area contributed by atoms with Crippen LogP contribution in [0.3, 0.4) is 0 Å². The van der Waals surface area contributed by atoms with E-state index in [4.69, 9.17) is 6.57 Å². The second-order valence-electron chi connectivity index (χ2n) is 9.54. The lowest BCUT2D eigenvalue weighted by atomic mass is 9.80. The van der Waals surface area contributed by atoms with Gasteiger partial charge in [-0.15, -0.1) is 0 Å². The van der Waals surface area contributed by atoms with Gasteiger partial charge in [-0.3, -0.25) is 24.1 Å². The Kier molecular flexibility index (Phi) is 6.62. The van der Waals surface area contributed by atoms with Gasteiger partial charge in [0.2, 0.25) is 5.91 Å². The first-order valence-corrected chi connectivity index (χ1v) is 11.7. The number of rotatable bonds is 4. The first-order chi connectivity index (χ1) is 16.8. The fourth-order valence-electron chi connectivity index (χ4n) is 4.90. The molecule has 2 aromatic carbocycles. The lowest BCUT2D eigenvalue weighted by molar-refractivity contribution is -0.143. The Morgan fingerprint density at radius 1 is 1.20 bits per heavy atom. The van der Waals surface area contributed by atoms with Crippen LogP contribution < -0.4 is 5.32 Å². The molecule has 0 saturated carbocycles. The van der Waals surface area contributed by atoms with Gasteiger partial charge in [-0.05, 0) is 36.1 Å². The van der Waals surface area contributed by atoms with Crippen LogP contribution >= 0.6 is 0 Å². The largest absolute Gasteiger partial charge is 0.325 e. The van der Waals surface area contributed by atoms with Crippen molar-refractivity contribution < 1.29 is 14.4 Å². The summed E-state index contributed by atoms with van der Waals surface area (Å²) in [6.07, 6.45) is -0.135. The maximum absolute atomic E-state index is 13.8. The molecule has 2 aliphatic rings. The summed E-state index contributed by atoms with van der Waals surface area (Å²) in [6.45, 7) is 11.8. The molecule has 7 nitrogen and oxygen atoms in total. The predicted octanol–water partition coefficient (Wildman–Crippen LogP) is 3.28. The Bertz CT molecular complexity index is 1250. The van der Waals surface area contributed by atoms with E-state index in [1.807, 2.05) is 68.4 Å². The third-order valence-corrected chi connectivity index (χ3v) is 6.74. The van der Waals surface area contributed by atoms with Crippen LogP contribution in [0.1, 0.15) is 37.8 Å². The number of likely N-dealkylation sites (N-methyl/N-ethyl adjacent to an activating group) is 1. The summed E-state index contributed by atoms with van der Waals surface area (Å²) < 4.78 is 0. The molecule has 2 aromatic rings. The summed E-state index contributed by atoms with van der Waals surface area (Å²) in [6, 6.07) is 15.8. The van der Waals surface area contributed by atoms with E-state index in [-0.39, 0.29) is 30.7 Å². The molecule has 2 aliphatic heterocycles. The third-order valence-electron chi connectivity index (χ3n) is 6.74. The smallest absolute Gasteiger partial charge is 0.302 e. The maximum Gasteiger partial charge on any atom is 0.302 e. The van der Waals surface area contributed by atoms with Crippen LogP contribution in [-0.2, 0) is 19.8 Å². The average molecular weight is 469 g/mol. The first-order valence-electron chi connectivity index (χ1n) is 11.7. The Balaban J connectivity index is 1.61. The normalized spacial score (nSPS) is 21.1. The lowest BCUT2D eigenvalue weighted by Gasteiger charge is -2.31. The van der Waals surface area contributed by atoms with Crippen molar-refractivity contribution >= 4 is 23.4 Å².